The van der Waals surface area contributed by atoms with Gasteiger partial charge in [0.1, 0.15) is 5.60 Å². The predicted molar refractivity (Wildman–Crippen MR) is 101 cm³/mol. The standard InChI is InChI=1S/C21H26N2O3/c1-21(2,3)26-20(24)22-13-14-5-7-16(8-6-14)18-11-17(15-9-10-15)12-19(23-18)25-4/h5-8,11-12,15H,9-10,13H2,1-4H3,(H,22,24). The highest BCUT2D eigenvalue weighted by Gasteiger charge is 2.25. The number of alkyl carbamates (subject to hydrolysis) is 1. The molecule has 5 nitrogen and oxygen atoms in total. The number of amides is 1. The number of nitrogens with one attached hydrogen (secondary N) is 1. The zero-order valence-electron chi connectivity index (χ0n) is 15.8. The molecule has 1 aliphatic carbocycles. The first-order valence-corrected chi connectivity index (χ1v) is 8.96. The first-order chi connectivity index (χ1) is 12.3. The SMILES string of the molecule is COc1cc(C2CC2)cc(-c2ccc(CNC(=O)OC(C)(C)C)cc2)n1. The van der Waals surface area contributed by atoms with Gasteiger partial charge in [0.2, 0.25) is 5.88 Å². The molecule has 1 fully saturated rings. The van der Waals surface area contributed by atoms with Crippen LogP contribution in [0.4, 0.5) is 4.79 Å². The summed E-state index contributed by atoms with van der Waals surface area (Å²) in [6, 6.07) is 12.2. The summed E-state index contributed by atoms with van der Waals surface area (Å²) in [5.41, 5.74) is 3.75. The Balaban J connectivity index is 1.68. The monoisotopic (exact) mass is 354 g/mol. The van der Waals surface area contributed by atoms with Gasteiger partial charge in [0.05, 0.1) is 12.8 Å². The van der Waals surface area contributed by atoms with Crippen LogP contribution >= 0.6 is 0 Å². The van der Waals surface area contributed by atoms with Crippen molar-refractivity contribution in [1.82, 2.24) is 10.3 Å². The normalized spacial score (nSPS) is 14.0. The highest BCUT2D eigenvalue weighted by atomic mass is 16.6. The second-order valence-electron chi connectivity index (χ2n) is 7.65. The van der Waals surface area contributed by atoms with E-state index < -0.39 is 11.7 Å². The van der Waals surface area contributed by atoms with Crippen LogP contribution in [0, 0.1) is 0 Å². The van der Waals surface area contributed by atoms with Crippen LogP contribution in [-0.4, -0.2) is 23.8 Å². The Morgan fingerprint density at radius 1 is 1.19 bits per heavy atom. The molecule has 2 aromatic rings. The van der Waals surface area contributed by atoms with Gasteiger partial charge in [-0.05, 0) is 56.7 Å². The lowest BCUT2D eigenvalue weighted by atomic mass is 10.0. The number of ether oxygens (including phenoxy) is 2. The molecular formula is C21H26N2O3. The minimum atomic E-state index is -0.495. The topological polar surface area (TPSA) is 60.5 Å². The summed E-state index contributed by atoms with van der Waals surface area (Å²) in [7, 11) is 1.65. The van der Waals surface area contributed by atoms with E-state index in [9.17, 15) is 4.79 Å². The summed E-state index contributed by atoms with van der Waals surface area (Å²) in [6.07, 6.45) is 2.06. The maximum atomic E-state index is 11.7. The fourth-order valence-electron chi connectivity index (χ4n) is 2.71. The third-order valence-corrected chi connectivity index (χ3v) is 4.17. The first-order valence-electron chi connectivity index (χ1n) is 8.96. The molecule has 0 saturated heterocycles. The average Bonchev–Trinajstić information content (AvgIpc) is 3.43. The maximum Gasteiger partial charge on any atom is 0.407 e. The molecule has 26 heavy (non-hydrogen) atoms. The summed E-state index contributed by atoms with van der Waals surface area (Å²) < 4.78 is 10.6. The molecule has 138 valence electrons. The van der Waals surface area contributed by atoms with Gasteiger partial charge in [-0.1, -0.05) is 24.3 Å². The van der Waals surface area contributed by atoms with E-state index in [-0.39, 0.29) is 0 Å². The van der Waals surface area contributed by atoms with Crippen molar-refractivity contribution in [3.05, 3.63) is 47.5 Å². The number of rotatable bonds is 5. The van der Waals surface area contributed by atoms with Crippen molar-refractivity contribution >= 4 is 6.09 Å². The van der Waals surface area contributed by atoms with Gasteiger partial charge in [0, 0.05) is 18.2 Å². The molecular weight excluding hydrogens is 328 g/mol. The number of hydrogen-bond acceptors (Lipinski definition) is 4. The van der Waals surface area contributed by atoms with E-state index in [0.717, 1.165) is 16.8 Å². The van der Waals surface area contributed by atoms with Crippen molar-refractivity contribution in [3.63, 3.8) is 0 Å². The van der Waals surface area contributed by atoms with Crippen molar-refractivity contribution in [3.8, 4) is 17.1 Å². The lowest BCUT2D eigenvalue weighted by Gasteiger charge is -2.19. The quantitative estimate of drug-likeness (QED) is 0.848. The van der Waals surface area contributed by atoms with Crippen molar-refractivity contribution in [2.45, 2.75) is 51.7 Å². The Kier molecular flexibility index (Phi) is 5.16. The second kappa shape index (κ2) is 7.36. The lowest BCUT2D eigenvalue weighted by Crippen LogP contribution is -2.32. The second-order valence-corrected chi connectivity index (χ2v) is 7.65. The number of pyridine rings is 1. The van der Waals surface area contributed by atoms with Crippen LogP contribution in [0.5, 0.6) is 5.88 Å². The van der Waals surface area contributed by atoms with Crippen LogP contribution in [0.2, 0.25) is 0 Å². The van der Waals surface area contributed by atoms with Gasteiger partial charge in [-0.2, -0.15) is 0 Å². The fourth-order valence-corrected chi connectivity index (χ4v) is 2.71. The van der Waals surface area contributed by atoms with Gasteiger partial charge < -0.3 is 14.8 Å². The Labute approximate surface area is 154 Å². The molecule has 1 N–H and O–H groups in total. The van der Waals surface area contributed by atoms with Gasteiger partial charge >= 0.3 is 6.09 Å². The largest absolute Gasteiger partial charge is 0.481 e. The molecule has 0 spiro atoms. The van der Waals surface area contributed by atoms with E-state index in [1.807, 2.05) is 51.1 Å². The summed E-state index contributed by atoms with van der Waals surface area (Å²) >= 11 is 0. The van der Waals surface area contributed by atoms with Crippen molar-refractivity contribution < 1.29 is 14.3 Å². The van der Waals surface area contributed by atoms with Gasteiger partial charge in [-0.15, -0.1) is 0 Å². The molecule has 1 saturated carbocycles. The molecule has 0 bridgehead atoms. The molecule has 0 atom stereocenters. The van der Waals surface area contributed by atoms with Crippen LogP contribution in [0.1, 0.15) is 50.7 Å². The number of hydrogen-bond donors (Lipinski definition) is 1. The minimum Gasteiger partial charge on any atom is -0.481 e. The summed E-state index contributed by atoms with van der Waals surface area (Å²) in [4.78, 5) is 16.3. The van der Waals surface area contributed by atoms with Crippen LogP contribution < -0.4 is 10.1 Å². The molecule has 1 amide bonds. The Morgan fingerprint density at radius 3 is 2.46 bits per heavy atom. The molecule has 1 aliphatic rings. The molecule has 0 unspecified atom stereocenters. The molecule has 1 aromatic carbocycles. The fraction of sp³-hybridized carbons (Fsp3) is 0.429. The molecule has 5 heteroatoms. The van der Waals surface area contributed by atoms with E-state index in [1.54, 1.807) is 7.11 Å². The maximum absolute atomic E-state index is 11.7. The zero-order valence-corrected chi connectivity index (χ0v) is 15.8. The van der Waals surface area contributed by atoms with Crippen LogP contribution in [0.25, 0.3) is 11.3 Å². The molecule has 0 aliphatic heterocycles. The molecule has 0 radical (unpaired) electrons. The number of carbonyl (C=O) groups excluding carboxylic acids is 1. The Hall–Kier alpha value is -2.56. The number of methoxy groups -OCH3 is 1. The van der Waals surface area contributed by atoms with E-state index in [1.165, 1.54) is 18.4 Å². The minimum absolute atomic E-state index is 0.412. The van der Waals surface area contributed by atoms with Crippen molar-refractivity contribution in [2.24, 2.45) is 0 Å². The summed E-state index contributed by atoms with van der Waals surface area (Å²) in [5, 5.41) is 2.77. The smallest absolute Gasteiger partial charge is 0.407 e. The number of nitrogens with zero attached hydrogens (tertiary/aromatic N) is 1. The van der Waals surface area contributed by atoms with E-state index in [2.05, 4.69) is 16.4 Å². The first kappa shape index (κ1) is 18.2. The highest BCUT2D eigenvalue weighted by molar-refractivity contribution is 5.68. The van der Waals surface area contributed by atoms with Gasteiger partial charge in [-0.3, -0.25) is 0 Å². The number of aromatic nitrogens is 1. The van der Waals surface area contributed by atoms with Crippen molar-refractivity contribution in [2.75, 3.05) is 7.11 Å². The highest BCUT2D eigenvalue weighted by Crippen LogP contribution is 2.42. The van der Waals surface area contributed by atoms with Gasteiger partial charge in [-0.25, -0.2) is 9.78 Å². The average molecular weight is 354 g/mol. The Bertz CT molecular complexity index is 775. The van der Waals surface area contributed by atoms with Gasteiger partial charge in [0.15, 0.2) is 0 Å². The lowest BCUT2D eigenvalue weighted by molar-refractivity contribution is 0.0523. The predicted octanol–water partition coefficient (Wildman–Crippen LogP) is 4.66. The van der Waals surface area contributed by atoms with E-state index in [0.29, 0.717) is 18.3 Å². The van der Waals surface area contributed by atoms with Gasteiger partial charge in [0.25, 0.3) is 0 Å². The molecule has 1 aromatic heterocycles. The van der Waals surface area contributed by atoms with E-state index in [4.69, 9.17) is 9.47 Å². The molecule has 3 rings (SSSR count). The van der Waals surface area contributed by atoms with Crippen LogP contribution in [0.3, 0.4) is 0 Å². The van der Waals surface area contributed by atoms with Crippen LogP contribution in [0.15, 0.2) is 36.4 Å². The molecule has 1 heterocycles. The Morgan fingerprint density at radius 2 is 1.88 bits per heavy atom. The number of carbonyl (C=O) groups is 1. The van der Waals surface area contributed by atoms with Crippen LogP contribution in [-0.2, 0) is 11.3 Å². The van der Waals surface area contributed by atoms with Crippen molar-refractivity contribution in [1.29, 1.82) is 0 Å². The zero-order chi connectivity index (χ0) is 18.7. The third kappa shape index (κ3) is 4.97. The summed E-state index contributed by atoms with van der Waals surface area (Å²) in [5.74, 6) is 1.29. The van der Waals surface area contributed by atoms with E-state index >= 15 is 0 Å². The third-order valence-electron chi connectivity index (χ3n) is 4.17. The number of benzene rings is 1. The summed E-state index contributed by atoms with van der Waals surface area (Å²) in [6.45, 7) is 5.96.